The molecule has 10 nitrogen and oxygen atoms in total. The number of H-pyrrole nitrogens is 1. The molecule has 5 aromatic rings. The number of rotatable bonds is 6. The van der Waals surface area contributed by atoms with E-state index in [2.05, 4.69) is 43.4 Å². The summed E-state index contributed by atoms with van der Waals surface area (Å²) in [6.45, 7) is 3.54. The minimum Gasteiger partial charge on any atom is -0.338 e. The number of amides is 2. The molecule has 2 saturated heterocycles. The number of carbonyl (C=O) groups excluding carboxylic acids is 2. The maximum absolute atomic E-state index is 13.9. The lowest BCUT2D eigenvalue weighted by Gasteiger charge is -2.29. The number of aromatic amines is 1. The van der Waals surface area contributed by atoms with Crippen molar-refractivity contribution in [3.63, 3.8) is 0 Å². The number of carbonyl (C=O) groups is 2. The lowest BCUT2D eigenvalue weighted by Crippen LogP contribution is -2.43. The molecule has 238 valence electrons. The SMILES string of the molecule is Cn1cnc(-c2ccc(C3=CCN(C(=O)CN4CCC5(CCN(c6ccc7[nH]nc(-c8ccc(F)cc8)c7c6)C5=O)C4)CC3)cc2)n1. The molecule has 3 aromatic carbocycles. The summed E-state index contributed by atoms with van der Waals surface area (Å²) in [7, 11) is 1.85. The number of aromatic nitrogens is 5. The van der Waals surface area contributed by atoms with E-state index in [0.717, 1.165) is 64.8 Å². The third-order valence-corrected chi connectivity index (χ3v) is 9.96. The summed E-state index contributed by atoms with van der Waals surface area (Å²) in [5.74, 6) is 0.634. The summed E-state index contributed by atoms with van der Waals surface area (Å²) in [5, 5.41) is 12.8. The molecule has 0 bridgehead atoms. The van der Waals surface area contributed by atoms with Crippen LogP contribution in [0.4, 0.5) is 10.1 Å². The van der Waals surface area contributed by atoms with Crippen LogP contribution in [0, 0.1) is 11.2 Å². The molecule has 8 rings (SSSR count). The van der Waals surface area contributed by atoms with E-state index >= 15 is 0 Å². The van der Waals surface area contributed by atoms with Gasteiger partial charge in [-0.2, -0.15) is 10.2 Å². The first kappa shape index (κ1) is 29.3. The molecule has 0 radical (unpaired) electrons. The first-order chi connectivity index (χ1) is 22.8. The van der Waals surface area contributed by atoms with Gasteiger partial charge in [-0.15, -0.1) is 0 Å². The van der Waals surface area contributed by atoms with Crippen molar-refractivity contribution in [1.29, 1.82) is 0 Å². The Morgan fingerprint density at radius 1 is 0.957 bits per heavy atom. The second kappa shape index (κ2) is 11.6. The Labute approximate surface area is 271 Å². The molecule has 1 spiro atoms. The van der Waals surface area contributed by atoms with Crippen LogP contribution in [0.25, 0.3) is 39.1 Å². The molecule has 1 N–H and O–H groups in total. The maximum Gasteiger partial charge on any atom is 0.237 e. The molecule has 3 aliphatic rings. The molecular weight excluding hydrogens is 595 g/mol. The molecule has 5 heterocycles. The second-order valence-corrected chi connectivity index (χ2v) is 12.9. The van der Waals surface area contributed by atoms with Crippen LogP contribution in [-0.2, 0) is 16.6 Å². The number of benzene rings is 3. The van der Waals surface area contributed by atoms with Gasteiger partial charge in [-0.25, -0.2) is 9.37 Å². The van der Waals surface area contributed by atoms with Gasteiger partial charge in [0.1, 0.15) is 12.1 Å². The van der Waals surface area contributed by atoms with Crippen LogP contribution < -0.4 is 4.90 Å². The lowest BCUT2D eigenvalue weighted by atomic mass is 9.85. The molecule has 2 amide bonds. The molecular formula is C36H35FN8O2. The van der Waals surface area contributed by atoms with E-state index in [1.54, 1.807) is 23.1 Å². The standard InChI is InChI=1S/C36H35FN8O2/c1-42-23-38-34(41-42)27-4-2-24(3-5-27)25-12-16-44(17-13-25)32(46)21-43-18-14-36(22-43)15-19-45(35(36)47)29-10-11-31-30(20-29)33(40-39-31)26-6-8-28(37)9-7-26/h2-12,20,23H,13-19,21-22H2,1H3,(H,39,40). The third kappa shape index (κ3) is 5.40. The Bertz CT molecular complexity index is 2010. The van der Waals surface area contributed by atoms with Crippen molar-refractivity contribution in [1.82, 2.24) is 34.8 Å². The van der Waals surface area contributed by atoms with E-state index in [0.29, 0.717) is 38.5 Å². The van der Waals surface area contributed by atoms with Gasteiger partial charge >= 0.3 is 0 Å². The van der Waals surface area contributed by atoms with Crippen molar-refractivity contribution >= 4 is 34.0 Å². The first-order valence-electron chi connectivity index (χ1n) is 16.1. The highest BCUT2D eigenvalue weighted by Crippen LogP contribution is 2.43. The summed E-state index contributed by atoms with van der Waals surface area (Å²) < 4.78 is 15.2. The molecule has 3 aliphatic heterocycles. The predicted molar refractivity (Wildman–Crippen MR) is 178 cm³/mol. The highest BCUT2D eigenvalue weighted by molar-refractivity contribution is 6.03. The van der Waals surface area contributed by atoms with E-state index in [-0.39, 0.29) is 17.6 Å². The van der Waals surface area contributed by atoms with Crippen LogP contribution in [-0.4, -0.2) is 85.8 Å². The Morgan fingerprint density at radius 3 is 2.47 bits per heavy atom. The van der Waals surface area contributed by atoms with Gasteiger partial charge in [-0.1, -0.05) is 30.3 Å². The molecule has 1 atom stereocenters. The van der Waals surface area contributed by atoms with E-state index in [9.17, 15) is 14.0 Å². The van der Waals surface area contributed by atoms with E-state index in [1.807, 2.05) is 47.2 Å². The number of hydrogen-bond acceptors (Lipinski definition) is 6. The van der Waals surface area contributed by atoms with Gasteiger partial charge in [0.2, 0.25) is 11.8 Å². The quantitative estimate of drug-likeness (QED) is 0.286. The van der Waals surface area contributed by atoms with Crippen molar-refractivity contribution < 1.29 is 14.0 Å². The van der Waals surface area contributed by atoms with Gasteiger partial charge in [0.15, 0.2) is 5.82 Å². The summed E-state index contributed by atoms with van der Waals surface area (Å²) in [6, 6.07) is 20.4. The minimum atomic E-state index is -0.475. The average molecular weight is 631 g/mol. The lowest BCUT2D eigenvalue weighted by molar-refractivity contribution is -0.132. The second-order valence-electron chi connectivity index (χ2n) is 12.9. The summed E-state index contributed by atoms with van der Waals surface area (Å²) >= 11 is 0. The summed E-state index contributed by atoms with van der Waals surface area (Å²) in [6.07, 6.45) is 6.15. The number of hydrogen-bond donors (Lipinski definition) is 1. The highest BCUT2D eigenvalue weighted by atomic mass is 19.1. The molecule has 0 aliphatic carbocycles. The van der Waals surface area contributed by atoms with E-state index < -0.39 is 5.41 Å². The summed E-state index contributed by atoms with van der Waals surface area (Å²) in [5.41, 5.74) is 6.12. The van der Waals surface area contributed by atoms with E-state index in [4.69, 9.17) is 0 Å². The zero-order chi connectivity index (χ0) is 32.1. The number of aryl methyl sites for hydroxylation is 1. The monoisotopic (exact) mass is 630 g/mol. The largest absolute Gasteiger partial charge is 0.338 e. The average Bonchev–Trinajstić information content (AvgIpc) is 3.89. The Morgan fingerprint density at radius 2 is 1.72 bits per heavy atom. The van der Waals surface area contributed by atoms with Crippen LogP contribution in [0.2, 0.25) is 0 Å². The molecule has 0 saturated carbocycles. The van der Waals surface area contributed by atoms with Crippen molar-refractivity contribution in [2.24, 2.45) is 12.5 Å². The van der Waals surface area contributed by atoms with Gasteiger partial charge in [0, 0.05) is 55.4 Å². The fourth-order valence-electron chi connectivity index (χ4n) is 7.29. The van der Waals surface area contributed by atoms with E-state index in [1.165, 1.54) is 17.7 Å². The van der Waals surface area contributed by atoms with Gasteiger partial charge in [0.25, 0.3) is 0 Å². The van der Waals surface area contributed by atoms with Gasteiger partial charge < -0.3 is 9.80 Å². The van der Waals surface area contributed by atoms with Crippen molar-refractivity contribution in [3.8, 4) is 22.6 Å². The zero-order valence-electron chi connectivity index (χ0n) is 26.2. The molecule has 11 heteroatoms. The Kier molecular flexibility index (Phi) is 7.20. The minimum absolute atomic E-state index is 0.106. The van der Waals surface area contributed by atoms with Crippen LogP contribution in [0.5, 0.6) is 0 Å². The van der Waals surface area contributed by atoms with Gasteiger partial charge in [-0.3, -0.25) is 24.3 Å². The topological polar surface area (TPSA) is 103 Å². The molecule has 1 unspecified atom stereocenters. The zero-order valence-corrected chi connectivity index (χ0v) is 26.2. The van der Waals surface area contributed by atoms with Crippen molar-refractivity contribution in [3.05, 3.63) is 90.5 Å². The predicted octanol–water partition coefficient (Wildman–Crippen LogP) is 4.91. The number of nitrogens with zero attached hydrogens (tertiary/aromatic N) is 7. The normalized spacial score (nSPS) is 20.1. The van der Waals surface area contributed by atoms with Crippen molar-refractivity contribution in [2.75, 3.05) is 44.2 Å². The summed E-state index contributed by atoms with van der Waals surface area (Å²) in [4.78, 5) is 37.5. The molecule has 47 heavy (non-hydrogen) atoms. The highest BCUT2D eigenvalue weighted by Gasteiger charge is 2.51. The number of anilines is 1. The third-order valence-electron chi connectivity index (χ3n) is 9.96. The first-order valence-corrected chi connectivity index (χ1v) is 16.1. The van der Waals surface area contributed by atoms with Crippen LogP contribution in [0.3, 0.4) is 0 Å². The number of fused-ring (bicyclic) bond motifs is 1. The van der Waals surface area contributed by atoms with Crippen LogP contribution in [0.15, 0.2) is 79.1 Å². The number of likely N-dealkylation sites (tertiary alicyclic amines) is 1. The van der Waals surface area contributed by atoms with Gasteiger partial charge in [0.05, 0.1) is 23.2 Å². The Hall–Kier alpha value is -5.16. The fraction of sp³-hybridized carbons (Fsp3) is 0.306. The maximum atomic E-state index is 13.9. The Balaban J connectivity index is 0.894. The number of nitrogens with one attached hydrogen (secondary N) is 1. The van der Waals surface area contributed by atoms with Crippen molar-refractivity contribution in [2.45, 2.75) is 19.3 Å². The molecule has 2 aromatic heterocycles. The smallest absolute Gasteiger partial charge is 0.237 e. The van der Waals surface area contributed by atoms with Gasteiger partial charge in [-0.05, 0) is 79.4 Å². The molecule has 2 fully saturated rings. The fourth-order valence-corrected chi connectivity index (χ4v) is 7.29. The van der Waals surface area contributed by atoms with Crippen LogP contribution in [0.1, 0.15) is 24.8 Å². The number of halogens is 1. The van der Waals surface area contributed by atoms with Crippen LogP contribution >= 0.6 is 0 Å².